The number of amides is 2. The molecule has 1 saturated carbocycles. The Kier molecular flexibility index (Phi) is 7.86. The Morgan fingerprint density at radius 1 is 1.16 bits per heavy atom. The van der Waals surface area contributed by atoms with E-state index in [4.69, 9.17) is 11.6 Å². The quantitative estimate of drug-likeness (QED) is 0.577. The molecule has 2 N–H and O–H groups in total. The summed E-state index contributed by atoms with van der Waals surface area (Å²) in [4.78, 5) is 26.5. The fraction of sp³-hybridized carbons (Fsp3) is 0.636. The van der Waals surface area contributed by atoms with Gasteiger partial charge in [-0.25, -0.2) is 0 Å². The highest BCUT2D eigenvalue weighted by atomic mass is 35.5. The van der Waals surface area contributed by atoms with Crippen molar-refractivity contribution < 1.29 is 22.8 Å². The maximum absolute atomic E-state index is 13.2. The van der Waals surface area contributed by atoms with Crippen molar-refractivity contribution in [2.45, 2.75) is 44.7 Å². The smallest absolute Gasteiger partial charge is 0.355 e. The van der Waals surface area contributed by atoms with Crippen molar-refractivity contribution in [2.24, 2.45) is 11.3 Å². The van der Waals surface area contributed by atoms with Gasteiger partial charge in [0.15, 0.2) is 0 Å². The molecule has 1 saturated heterocycles. The summed E-state index contributed by atoms with van der Waals surface area (Å²) in [5.74, 6) is -0.617. The van der Waals surface area contributed by atoms with Gasteiger partial charge in [-0.15, -0.1) is 0 Å². The summed E-state index contributed by atoms with van der Waals surface area (Å²) in [6.07, 6.45) is -1.73. The van der Waals surface area contributed by atoms with Crippen LogP contribution in [0.25, 0.3) is 0 Å². The Morgan fingerprint density at radius 2 is 1.87 bits per heavy atom. The summed E-state index contributed by atoms with van der Waals surface area (Å²) in [7, 11) is 0. The van der Waals surface area contributed by atoms with Gasteiger partial charge in [-0.3, -0.25) is 9.59 Å². The number of halogens is 4. The molecule has 0 unspecified atom stereocenters. The van der Waals surface area contributed by atoms with Crippen LogP contribution in [0.5, 0.6) is 0 Å². The third-order valence-electron chi connectivity index (χ3n) is 6.47. The summed E-state index contributed by atoms with van der Waals surface area (Å²) >= 11 is 5.92. The van der Waals surface area contributed by atoms with Crippen LogP contribution in [0.2, 0.25) is 5.02 Å². The lowest BCUT2D eigenvalue weighted by Gasteiger charge is -2.41. The summed E-state index contributed by atoms with van der Waals surface area (Å²) in [6.45, 7) is 3.35. The molecular weight excluding hydrogens is 431 g/mol. The van der Waals surface area contributed by atoms with Crippen molar-refractivity contribution in [1.82, 2.24) is 15.5 Å². The maximum atomic E-state index is 13.2. The van der Waals surface area contributed by atoms with Gasteiger partial charge in [0.05, 0.1) is 0 Å². The van der Waals surface area contributed by atoms with Crippen LogP contribution in [-0.4, -0.2) is 55.6 Å². The minimum Gasteiger partial charge on any atom is -0.355 e. The number of carbonyl (C=O) groups is 2. The van der Waals surface area contributed by atoms with E-state index in [1.165, 1.54) is 0 Å². The zero-order chi connectivity index (χ0) is 22.5. The maximum Gasteiger partial charge on any atom is 0.403 e. The van der Waals surface area contributed by atoms with E-state index in [1.54, 1.807) is 24.3 Å². The summed E-state index contributed by atoms with van der Waals surface area (Å²) < 4.78 is 39.5. The minimum atomic E-state index is -4.47. The monoisotopic (exact) mass is 459 g/mol. The van der Waals surface area contributed by atoms with Crippen LogP contribution < -0.4 is 10.6 Å². The van der Waals surface area contributed by atoms with Gasteiger partial charge >= 0.3 is 6.18 Å². The minimum absolute atomic E-state index is 0.107. The number of carbonyl (C=O) groups excluding carboxylic acids is 2. The SMILES string of the molecule is O=C(NCC1CCN(CCCNC(=O)C2(C(F)(F)F)CCC2)CC1)c1cccc(Cl)c1. The molecule has 31 heavy (non-hydrogen) atoms. The van der Waals surface area contributed by atoms with Crippen molar-refractivity contribution >= 4 is 23.4 Å². The van der Waals surface area contributed by atoms with Crippen LogP contribution in [0.3, 0.4) is 0 Å². The number of piperidine rings is 1. The zero-order valence-electron chi connectivity index (χ0n) is 17.4. The standard InChI is InChI=1S/C22H29ClF3N3O2/c23-18-5-1-4-17(14-18)19(30)28-15-16-6-12-29(13-7-16)11-3-10-27-20(31)21(8-2-9-21)22(24,25)26/h1,4-5,14,16H,2-3,6-13,15H2,(H,27,31)(H,28,30). The molecule has 9 heteroatoms. The van der Waals surface area contributed by atoms with Gasteiger partial charge in [0.25, 0.3) is 5.91 Å². The van der Waals surface area contributed by atoms with E-state index in [1.807, 2.05) is 0 Å². The Morgan fingerprint density at radius 3 is 2.45 bits per heavy atom. The second kappa shape index (κ2) is 10.2. The Labute approximate surface area is 185 Å². The van der Waals surface area contributed by atoms with Crippen LogP contribution in [0.4, 0.5) is 13.2 Å². The predicted octanol–water partition coefficient (Wildman–Crippen LogP) is 4.02. The van der Waals surface area contributed by atoms with Gasteiger partial charge in [-0.05, 0) is 75.9 Å². The second-order valence-corrected chi connectivity index (χ2v) is 8.98. The number of alkyl halides is 3. The molecule has 172 valence electrons. The number of nitrogens with zero attached hydrogens (tertiary/aromatic N) is 1. The van der Waals surface area contributed by atoms with Gasteiger partial charge in [0.2, 0.25) is 5.91 Å². The van der Waals surface area contributed by atoms with E-state index in [2.05, 4.69) is 15.5 Å². The lowest BCUT2D eigenvalue weighted by Crippen LogP contribution is -2.55. The number of likely N-dealkylation sites (tertiary alicyclic amines) is 1. The number of nitrogens with one attached hydrogen (secondary N) is 2. The van der Waals surface area contributed by atoms with Crippen molar-refractivity contribution in [1.29, 1.82) is 0 Å². The number of hydrogen-bond donors (Lipinski definition) is 2. The largest absolute Gasteiger partial charge is 0.403 e. The Bertz CT molecular complexity index is 776. The second-order valence-electron chi connectivity index (χ2n) is 8.55. The van der Waals surface area contributed by atoms with Crippen molar-refractivity contribution in [3.05, 3.63) is 34.9 Å². The van der Waals surface area contributed by atoms with Gasteiger partial charge < -0.3 is 15.5 Å². The molecular formula is C22H29ClF3N3O2. The molecule has 0 atom stereocenters. The molecule has 2 fully saturated rings. The highest BCUT2D eigenvalue weighted by Gasteiger charge is 2.63. The van der Waals surface area contributed by atoms with E-state index in [9.17, 15) is 22.8 Å². The Hall–Kier alpha value is -1.80. The van der Waals surface area contributed by atoms with Crippen molar-refractivity contribution in [3.8, 4) is 0 Å². The first-order chi connectivity index (χ1) is 14.7. The third-order valence-corrected chi connectivity index (χ3v) is 6.70. The number of hydrogen-bond acceptors (Lipinski definition) is 3. The lowest BCUT2D eigenvalue weighted by atomic mass is 9.67. The van der Waals surface area contributed by atoms with Gasteiger partial charge in [-0.1, -0.05) is 24.1 Å². The summed E-state index contributed by atoms with van der Waals surface area (Å²) in [5, 5.41) is 5.97. The molecule has 0 radical (unpaired) electrons. The molecule has 1 heterocycles. The molecule has 0 aromatic heterocycles. The van der Waals surface area contributed by atoms with Gasteiger partial charge in [0.1, 0.15) is 5.41 Å². The first kappa shape index (κ1) is 23.9. The van der Waals surface area contributed by atoms with Crippen molar-refractivity contribution in [2.75, 3.05) is 32.7 Å². The average molecular weight is 460 g/mol. The predicted molar refractivity (Wildman–Crippen MR) is 113 cm³/mol. The van der Waals surface area contributed by atoms with Gasteiger partial charge in [-0.2, -0.15) is 13.2 Å². The highest BCUT2D eigenvalue weighted by Crippen LogP contribution is 2.53. The van der Waals surface area contributed by atoms with Crippen LogP contribution in [0.15, 0.2) is 24.3 Å². The molecule has 1 aliphatic carbocycles. The summed E-state index contributed by atoms with van der Waals surface area (Å²) in [5.41, 5.74) is -1.62. The fourth-order valence-corrected chi connectivity index (χ4v) is 4.42. The van der Waals surface area contributed by atoms with E-state index in [-0.39, 0.29) is 25.3 Å². The lowest BCUT2D eigenvalue weighted by molar-refractivity contribution is -0.243. The van der Waals surface area contributed by atoms with Crippen LogP contribution in [0.1, 0.15) is 48.9 Å². The number of rotatable bonds is 8. The molecule has 3 rings (SSSR count). The number of benzene rings is 1. The first-order valence-corrected chi connectivity index (χ1v) is 11.2. The molecule has 1 aromatic carbocycles. The van der Waals surface area contributed by atoms with Gasteiger partial charge in [0, 0.05) is 23.7 Å². The summed E-state index contributed by atoms with van der Waals surface area (Å²) in [6, 6.07) is 6.83. The first-order valence-electron chi connectivity index (χ1n) is 10.8. The molecule has 1 aliphatic heterocycles. The topological polar surface area (TPSA) is 61.4 Å². The van der Waals surface area contributed by atoms with E-state index < -0.39 is 17.5 Å². The fourth-order valence-electron chi connectivity index (χ4n) is 4.23. The molecule has 0 spiro atoms. The third kappa shape index (κ3) is 5.92. The van der Waals surface area contributed by atoms with Crippen LogP contribution in [0, 0.1) is 11.3 Å². The van der Waals surface area contributed by atoms with Crippen LogP contribution >= 0.6 is 11.6 Å². The molecule has 1 aromatic rings. The Balaban J connectivity index is 1.30. The highest BCUT2D eigenvalue weighted by molar-refractivity contribution is 6.30. The normalized spacial score (nSPS) is 19.5. The average Bonchev–Trinajstić information content (AvgIpc) is 2.68. The zero-order valence-corrected chi connectivity index (χ0v) is 18.2. The van der Waals surface area contributed by atoms with E-state index in [0.717, 1.165) is 32.5 Å². The van der Waals surface area contributed by atoms with E-state index in [0.29, 0.717) is 35.9 Å². The van der Waals surface area contributed by atoms with Crippen LogP contribution in [-0.2, 0) is 4.79 Å². The molecule has 2 aliphatic rings. The molecule has 2 amide bonds. The molecule has 5 nitrogen and oxygen atoms in total. The van der Waals surface area contributed by atoms with E-state index >= 15 is 0 Å². The molecule has 0 bridgehead atoms. The van der Waals surface area contributed by atoms with Crippen molar-refractivity contribution in [3.63, 3.8) is 0 Å².